The number of anilines is 1. The predicted molar refractivity (Wildman–Crippen MR) is 107 cm³/mol. The van der Waals surface area contributed by atoms with Crippen molar-refractivity contribution < 1.29 is 14.3 Å². The molecular formula is C20H25N3O3S. The molecule has 144 valence electrons. The van der Waals surface area contributed by atoms with Crippen molar-refractivity contribution in [1.29, 1.82) is 0 Å². The molecule has 27 heavy (non-hydrogen) atoms. The zero-order valence-electron chi connectivity index (χ0n) is 15.5. The van der Waals surface area contributed by atoms with E-state index < -0.39 is 5.91 Å². The number of benzene rings is 1. The van der Waals surface area contributed by atoms with Crippen molar-refractivity contribution in [3.8, 4) is 5.75 Å². The lowest BCUT2D eigenvalue weighted by Gasteiger charge is -2.29. The van der Waals surface area contributed by atoms with Crippen LogP contribution in [0.2, 0.25) is 0 Å². The SMILES string of the molecule is COc1ccccc1N(CCC(N)=O)C(=O)CN1CCCC1c1ccsc1. The number of primary amides is 1. The number of nitrogens with zero attached hydrogens (tertiary/aromatic N) is 2. The third-order valence-electron chi connectivity index (χ3n) is 4.89. The van der Waals surface area contributed by atoms with Crippen LogP contribution < -0.4 is 15.4 Å². The van der Waals surface area contributed by atoms with Gasteiger partial charge >= 0.3 is 0 Å². The highest BCUT2D eigenvalue weighted by Crippen LogP contribution is 2.34. The lowest BCUT2D eigenvalue weighted by Crippen LogP contribution is -2.41. The van der Waals surface area contributed by atoms with Crippen LogP contribution in [0.4, 0.5) is 5.69 Å². The van der Waals surface area contributed by atoms with Gasteiger partial charge in [-0.25, -0.2) is 0 Å². The minimum absolute atomic E-state index is 0.0529. The van der Waals surface area contributed by atoms with E-state index in [1.54, 1.807) is 23.3 Å². The first-order valence-electron chi connectivity index (χ1n) is 9.08. The van der Waals surface area contributed by atoms with E-state index in [-0.39, 0.29) is 24.9 Å². The van der Waals surface area contributed by atoms with Gasteiger partial charge in [0.05, 0.1) is 19.3 Å². The lowest BCUT2D eigenvalue weighted by atomic mass is 10.1. The molecule has 1 atom stereocenters. The number of carbonyl (C=O) groups excluding carboxylic acids is 2. The van der Waals surface area contributed by atoms with Crippen molar-refractivity contribution >= 4 is 28.8 Å². The molecule has 2 N–H and O–H groups in total. The number of ether oxygens (including phenoxy) is 1. The van der Waals surface area contributed by atoms with Gasteiger partial charge in [-0.3, -0.25) is 14.5 Å². The van der Waals surface area contributed by atoms with Crippen LogP contribution in [0.1, 0.15) is 30.9 Å². The predicted octanol–water partition coefficient (Wildman–Crippen LogP) is 2.80. The first-order valence-corrected chi connectivity index (χ1v) is 10.0. The van der Waals surface area contributed by atoms with Gasteiger partial charge in [0.15, 0.2) is 0 Å². The number of thiophene rings is 1. The minimum Gasteiger partial charge on any atom is -0.495 e. The molecule has 2 amide bonds. The average Bonchev–Trinajstić information content (AvgIpc) is 3.33. The Kier molecular flexibility index (Phi) is 6.47. The molecule has 2 aromatic rings. The second kappa shape index (κ2) is 9.01. The molecular weight excluding hydrogens is 362 g/mol. The first kappa shape index (κ1) is 19.4. The van der Waals surface area contributed by atoms with Crippen molar-refractivity contribution in [2.75, 3.05) is 31.6 Å². The molecule has 3 rings (SSSR count). The van der Waals surface area contributed by atoms with E-state index >= 15 is 0 Å². The molecule has 0 bridgehead atoms. The number of hydrogen-bond acceptors (Lipinski definition) is 5. The van der Waals surface area contributed by atoms with Crippen LogP contribution in [-0.4, -0.2) is 43.5 Å². The van der Waals surface area contributed by atoms with Crippen LogP contribution in [0.5, 0.6) is 5.75 Å². The number of methoxy groups -OCH3 is 1. The number of likely N-dealkylation sites (tertiary alicyclic amines) is 1. The maximum atomic E-state index is 13.2. The first-order chi connectivity index (χ1) is 13.1. The van der Waals surface area contributed by atoms with Crippen LogP contribution in [-0.2, 0) is 9.59 Å². The zero-order chi connectivity index (χ0) is 19.2. The highest BCUT2D eigenvalue weighted by Gasteiger charge is 2.30. The summed E-state index contributed by atoms with van der Waals surface area (Å²) in [6, 6.07) is 9.75. The van der Waals surface area contributed by atoms with Gasteiger partial charge in [0.1, 0.15) is 5.75 Å². The van der Waals surface area contributed by atoms with E-state index in [0.717, 1.165) is 19.4 Å². The molecule has 0 spiro atoms. The van der Waals surface area contributed by atoms with Crippen LogP contribution in [0.15, 0.2) is 41.1 Å². The molecule has 1 aliphatic rings. The number of amides is 2. The monoisotopic (exact) mass is 387 g/mol. The summed E-state index contributed by atoms with van der Waals surface area (Å²) in [4.78, 5) is 28.3. The summed E-state index contributed by atoms with van der Waals surface area (Å²) >= 11 is 1.68. The highest BCUT2D eigenvalue weighted by molar-refractivity contribution is 7.07. The minimum atomic E-state index is -0.431. The van der Waals surface area contributed by atoms with Crippen LogP contribution >= 0.6 is 11.3 Å². The molecule has 1 aromatic heterocycles. The van der Waals surface area contributed by atoms with Gasteiger partial charge in [-0.05, 0) is 53.9 Å². The summed E-state index contributed by atoms with van der Waals surface area (Å²) < 4.78 is 5.41. The van der Waals surface area contributed by atoms with E-state index in [9.17, 15) is 9.59 Å². The number of carbonyl (C=O) groups is 2. The van der Waals surface area contributed by atoms with Gasteiger partial charge in [0, 0.05) is 19.0 Å². The van der Waals surface area contributed by atoms with Crippen LogP contribution in [0.3, 0.4) is 0 Å². The summed E-state index contributed by atoms with van der Waals surface area (Å²) in [6.07, 6.45) is 2.24. The third-order valence-corrected chi connectivity index (χ3v) is 5.59. The number of hydrogen-bond donors (Lipinski definition) is 1. The van der Waals surface area contributed by atoms with Gasteiger partial charge in [-0.2, -0.15) is 11.3 Å². The fraction of sp³-hybridized carbons (Fsp3) is 0.400. The Morgan fingerprint density at radius 1 is 1.33 bits per heavy atom. The summed E-state index contributed by atoms with van der Waals surface area (Å²) in [7, 11) is 1.57. The maximum absolute atomic E-state index is 13.2. The number of nitrogens with two attached hydrogens (primary N) is 1. The van der Waals surface area contributed by atoms with E-state index in [0.29, 0.717) is 18.0 Å². The van der Waals surface area contributed by atoms with Gasteiger partial charge in [-0.1, -0.05) is 12.1 Å². The molecule has 1 saturated heterocycles. The molecule has 1 aromatic carbocycles. The Balaban J connectivity index is 1.79. The summed E-state index contributed by atoms with van der Waals surface area (Å²) in [5.74, 6) is 0.119. The fourth-order valence-corrected chi connectivity index (χ4v) is 4.28. The molecule has 1 fully saturated rings. The molecule has 7 heteroatoms. The van der Waals surface area contributed by atoms with Crippen molar-refractivity contribution in [1.82, 2.24) is 4.90 Å². The molecule has 6 nitrogen and oxygen atoms in total. The van der Waals surface area contributed by atoms with E-state index in [1.165, 1.54) is 5.56 Å². The topological polar surface area (TPSA) is 75.9 Å². The molecule has 2 heterocycles. The van der Waals surface area contributed by atoms with Crippen molar-refractivity contribution in [2.24, 2.45) is 5.73 Å². The second-order valence-electron chi connectivity index (χ2n) is 6.62. The Morgan fingerprint density at radius 3 is 2.85 bits per heavy atom. The molecule has 0 radical (unpaired) electrons. The maximum Gasteiger partial charge on any atom is 0.241 e. The summed E-state index contributed by atoms with van der Waals surface area (Å²) in [5, 5.41) is 4.22. The van der Waals surface area contributed by atoms with Crippen LogP contribution in [0.25, 0.3) is 0 Å². The van der Waals surface area contributed by atoms with Crippen LogP contribution in [0, 0.1) is 0 Å². The van der Waals surface area contributed by atoms with Crippen molar-refractivity contribution in [3.05, 3.63) is 46.7 Å². The standard InChI is InChI=1S/C20H25N3O3S/c1-26-18-7-3-2-5-17(18)23(11-8-19(21)24)20(25)13-22-10-4-6-16(22)15-9-12-27-14-15/h2-3,5,7,9,12,14,16H,4,6,8,10-11,13H2,1H3,(H2,21,24). The quantitative estimate of drug-likeness (QED) is 0.756. The van der Waals surface area contributed by atoms with E-state index in [4.69, 9.17) is 10.5 Å². The number of para-hydroxylation sites is 2. The normalized spacial score (nSPS) is 17.0. The van der Waals surface area contributed by atoms with E-state index in [1.807, 2.05) is 24.3 Å². The molecule has 0 aliphatic carbocycles. The molecule has 1 unspecified atom stereocenters. The smallest absolute Gasteiger partial charge is 0.241 e. The zero-order valence-corrected chi connectivity index (χ0v) is 16.3. The Hall–Kier alpha value is -2.38. The average molecular weight is 388 g/mol. The second-order valence-corrected chi connectivity index (χ2v) is 7.40. The Bertz CT molecular complexity index is 779. The van der Waals surface area contributed by atoms with Gasteiger partial charge in [0.2, 0.25) is 11.8 Å². The largest absolute Gasteiger partial charge is 0.495 e. The highest BCUT2D eigenvalue weighted by atomic mass is 32.1. The Labute approximate surface area is 163 Å². The third kappa shape index (κ3) is 4.67. The lowest BCUT2D eigenvalue weighted by molar-refractivity contribution is -0.120. The van der Waals surface area contributed by atoms with E-state index in [2.05, 4.69) is 21.7 Å². The summed E-state index contributed by atoms with van der Waals surface area (Å²) in [6.45, 7) is 1.44. The van der Waals surface area contributed by atoms with Gasteiger partial charge in [-0.15, -0.1) is 0 Å². The summed E-state index contributed by atoms with van der Waals surface area (Å²) in [5.41, 5.74) is 7.26. The molecule has 1 aliphatic heterocycles. The van der Waals surface area contributed by atoms with Gasteiger partial charge in [0.25, 0.3) is 0 Å². The van der Waals surface area contributed by atoms with Gasteiger partial charge < -0.3 is 15.4 Å². The Morgan fingerprint density at radius 2 is 2.15 bits per heavy atom. The molecule has 0 saturated carbocycles. The number of rotatable bonds is 8. The van der Waals surface area contributed by atoms with Crippen molar-refractivity contribution in [3.63, 3.8) is 0 Å². The van der Waals surface area contributed by atoms with Crippen molar-refractivity contribution in [2.45, 2.75) is 25.3 Å². The fourth-order valence-electron chi connectivity index (χ4n) is 3.57.